The number of nitrogens with zero attached hydrogens (tertiary/aromatic N) is 1. The Hall–Kier alpha value is -1.61. The fraction of sp³-hybridized carbons (Fsp3) is 0.357. The molecule has 2 N–H and O–H groups in total. The van der Waals surface area contributed by atoms with Crippen molar-refractivity contribution in [2.24, 2.45) is 5.92 Å². The van der Waals surface area contributed by atoms with Gasteiger partial charge in [-0.25, -0.2) is 0 Å². The van der Waals surface area contributed by atoms with E-state index >= 15 is 0 Å². The molecule has 2 aromatic rings. The second-order valence-electron chi connectivity index (χ2n) is 4.95. The monoisotopic (exact) mass is 225 g/mol. The molecule has 3 heterocycles. The van der Waals surface area contributed by atoms with Gasteiger partial charge in [0.05, 0.1) is 0 Å². The molecular formula is C14H15N3. The molecule has 1 aliphatic heterocycles. The first-order chi connectivity index (χ1) is 8.43. The summed E-state index contributed by atoms with van der Waals surface area (Å²) in [6.07, 6.45) is 8.54. The van der Waals surface area contributed by atoms with Crippen LogP contribution in [0.2, 0.25) is 0 Å². The van der Waals surface area contributed by atoms with Gasteiger partial charge < -0.3 is 10.3 Å². The summed E-state index contributed by atoms with van der Waals surface area (Å²) >= 11 is 0. The van der Waals surface area contributed by atoms with Crippen molar-refractivity contribution >= 4 is 22.6 Å². The van der Waals surface area contributed by atoms with Crippen molar-refractivity contribution in [1.29, 1.82) is 0 Å². The maximum Gasteiger partial charge on any atom is 0.0495 e. The molecule has 2 aromatic heterocycles. The van der Waals surface area contributed by atoms with Gasteiger partial charge in [-0.2, -0.15) is 0 Å². The third-order valence-electron chi connectivity index (χ3n) is 4.02. The Bertz CT molecular complexity index is 696. The minimum atomic E-state index is 0.692. The lowest BCUT2D eigenvalue weighted by molar-refractivity contribution is 0.524. The normalized spacial score (nSPS) is 23.1. The topological polar surface area (TPSA) is 40.7 Å². The van der Waals surface area contributed by atoms with Crippen LogP contribution in [0.25, 0.3) is 22.6 Å². The average Bonchev–Trinajstić information content (AvgIpc) is 2.78. The molecule has 2 aliphatic rings. The molecule has 0 amide bonds. The summed E-state index contributed by atoms with van der Waals surface area (Å²) in [7, 11) is 0. The van der Waals surface area contributed by atoms with E-state index in [0.717, 1.165) is 19.5 Å². The number of nitrogens with one attached hydrogen (secondary N) is 2. The first-order valence-electron chi connectivity index (χ1n) is 6.29. The number of H-pyrrole nitrogens is 1. The van der Waals surface area contributed by atoms with Gasteiger partial charge in [0.25, 0.3) is 0 Å². The predicted octanol–water partition coefficient (Wildman–Crippen LogP) is 0.507. The van der Waals surface area contributed by atoms with Gasteiger partial charge in [0.1, 0.15) is 0 Å². The number of fused-ring (bicyclic) bond motifs is 4. The standard InChI is InChI=1S/C14H15N3/c1-2-11-12-8-16-6-4-13(12)17-14(11)10-3-5-15-7-9(1)10/h2,4,6,8-9,15,17H,1,3,5,7H2. The molecule has 0 aromatic carbocycles. The first-order valence-corrected chi connectivity index (χ1v) is 6.29. The van der Waals surface area contributed by atoms with E-state index in [9.17, 15) is 0 Å². The summed E-state index contributed by atoms with van der Waals surface area (Å²) in [5, 5.41) is 7.49. The molecule has 1 atom stereocenters. The van der Waals surface area contributed by atoms with Crippen molar-refractivity contribution in [2.45, 2.75) is 12.8 Å². The van der Waals surface area contributed by atoms with Crippen LogP contribution in [0.15, 0.2) is 18.5 Å². The average molecular weight is 225 g/mol. The molecule has 0 saturated carbocycles. The first kappa shape index (κ1) is 9.42. The van der Waals surface area contributed by atoms with Crippen LogP contribution in [0, 0.1) is 5.92 Å². The molecule has 1 saturated heterocycles. The molecule has 1 fully saturated rings. The predicted molar refractivity (Wildman–Crippen MR) is 68.8 cm³/mol. The molecule has 4 rings (SSSR count). The van der Waals surface area contributed by atoms with Crippen LogP contribution in [0.3, 0.4) is 0 Å². The fourth-order valence-corrected chi connectivity index (χ4v) is 3.16. The Morgan fingerprint density at radius 1 is 1.35 bits per heavy atom. The Kier molecular flexibility index (Phi) is 1.91. The van der Waals surface area contributed by atoms with E-state index in [1.165, 1.54) is 27.9 Å². The highest BCUT2D eigenvalue weighted by atomic mass is 14.9. The highest BCUT2D eigenvalue weighted by Gasteiger charge is 2.22. The maximum absolute atomic E-state index is 4.24. The molecule has 3 nitrogen and oxygen atoms in total. The van der Waals surface area contributed by atoms with Gasteiger partial charge in [-0.05, 0) is 36.9 Å². The number of pyridine rings is 1. The molecule has 0 radical (unpaired) electrons. The van der Waals surface area contributed by atoms with E-state index in [2.05, 4.69) is 27.4 Å². The van der Waals surface area contributed by atoms with Crippen LogP contribution in [0.1, 0.15) is 12.8 Å². The summed E-state index contributed by atoms with van der Waals surface area (Å²) in [5.74, 6) is 0.692. The number of hydrogen-bond acceptors (Lipinski definition) is 2. The summed E-state index contributed by atoms with van der Waals surface area (Å²) in [6.45, 7) is 2.23. The van der Waals surface area contributed by atoms with Gasteiger partial charge in [0.2, 0.25) is 0 Å². The zero-order valence-electron chi connectivity index (χ0n) is 9.66. The zero-order valence-corrected chi connectivity index (χ0v) is 9.66. The quantitative estimate of drug-likeness (QED) is 0.686. The number of hydrogen-bond donors (Lipinski definition) is 2. The minimum Gasteiger partial charge on any atom is -0.354 e. The summed E-state index contributed by atoms with van der Waals surface area (Å²) in [4.78, 5) is 7.81. The summed E-state index contributed by atoms with van der Waals surface area (Å²) in [5.41, 5.74) is 2.82. The van der Waals surface area contributed by atoms with Gasteiger partial charge in [0.15, 0.2) is 0 Å². The van der Waals surface area contributed by atoms with Crippen LogP contribution in [-0.4, -0.2) is 23.1 Å². The van der Waals surface area contributed by atoms with Gasteiger partial charge in [-0.1, -0.05) is 6.08 Å². The number of aromatic amines is 1. The van der Waals surface area contributed by atoms with Gasteiger partial charge in [-0.15, -0.1) is 0 Å². The van der Waals surface area contributed by atoms with Gasteiger partial charge in [0, 0.05) is 40.4 Å². The third-order valence-corrected chi connectivity index (χ3v) is 4.02. The SMILES string of the molecule is C1=c2c([nH]c3ccncc23)=C2CCNCC2C1. The number of piperidine rings is 1. The van der Waals surface area contributed by atoms with Crippen LogP contribution in [0.5, 0.6) is 0 Å². The van der Waals surface area contributed by atoms with Crippen LogP contribution >= 0.6 is 0 Å². The van der Waals surface area contributed by atoms with E-state index in [1.54, 1.807) is 5.57 Å². The van der Waals surface area contributed by atoms with Crippen LogP contribution in [-0.2, 0) is 0 Å². The minimum absolute atomic E-state index is 0.692. The molecular weight excluding hydrogens is 210 g/mol. The van der Waals surface area contributed by atoms with Crippen LogP contribution in [0.4, 0.5) is 0 Å². The van der Waals surface area contributed by atoms with E-state index in [0.29, 0.717) is 5.92 Å². The summed E-state index contributed by atoms with van der Waals surface area (Å²) in [6, 6.07) is 2.07. The maximum atomic E-state index is 4.24. The Morgan fingerprint density at radius 2 is 2.35 bits per heavy atom. The Morgan fingerprint density at radius 3 is 3.35 bits per heavy atom. The van der Waals surface area contributed by atoms with Crippen molar-refractivity contribution in [2.75, 3.05) is 13.1 Å². The lowest BCUT2D eigenvalue weighted by Gasteiger charge is -2.26. The van der Waals surface area contributed by atoms with E-state index in [4.69, 9.17) is 0 Å². The molecule has 1 unspecified atom stereocenters. The van der Waals surface area contributed by atoms with Gasteiger partial charge >= 0.3 is 0 Å². The lowest BCUT2D eigenvalue weighted by Crippen LogP contribution is -2.40. The molecule has 17 heavy (non-hydrogen) atoms. The molecule has 86 valence electrons. The Labute approximate surface area is 99.3 Å². The third kappa shape index (κ3) is 1.29. The van der Waals surface area contributed by atoms with Crippen LogP contribution < -0.4 is 15.9 Å². The van der Waals surface area contributed by atoms with Crippen molar-refractivity contribution < 1.29 is 0 Å². The van der Waals surface area contributed by atoms with E-state index in [1.807, 2.05) is 12.4 Å². The highest BCUT2D eigenvalue weighted by Crippen LogP contribution is 2.23. The van der Waals surface area contributed by atoms with E-state index < -0.39 is 0 Å². The number of aromatic nitrogens is 2. The smallest absolute Gasteiger partial charge is 0.0495 e. The lowest BCUT2D eigenvalue weighted by atomic mass is 9.86. The summed E-state index contributed by atoms with van der Waals surface area (Å²) < 4.78 is 0. The van der Waals surface area contributed by atoms with Crippen molar-refractivity contribution in [1.82, 2.24) is 15.3 Å². The fourth-order valence-electron chi connectivity index (χ4n) is 3.16. The highest BCUT2D eigenvalue weighted by molar-refractivity contribution is 5.81. The van der Waals surface area contributed by atoms with E-state index in [-0.39, 0.29) is 0 Å². The molecule has 0 bridgehead atoms. The number of rotatable bonds is 0. The Balaban J connectivity index is 2.13. The van der Waals surface area contributed by atoms with Crippen molar-refractivity contribution in [3.8, 4) is 0 Å². The molecule has 0 spiro atoms. The second kappa shape index (κ2) is 3.44. The zero-order chi connectivity index (χ0) is 11.2. The van der Waals surface area contributed by atoms with Gasteiger partial charge in [-0.3, -0.25) is 4.98 Å². The molecule has 3 heteroatoms. The second-order valence-corrected chi connectivity index (χ2v) is 4.95. The van der Waals surface area contributed by atoms with Crippen molar-refractivity contribution in [3.63, 3.8) is 0 Å². The molecule has 1 aliphatic carbocycles. The van der Waals surface area contributed by atoms with Crippen molar-refractivity contribution in [3.05, 3.63) is 29.0 Å². The largest absolute Gasteiger partial charge is 0.354 e.